The van der Waals surface area contributed by atoms with Crippen molar-refractivity contribution in [1.82, 2.24) is 0 Å². The topological polar surface area (TPSA) is 17.1 Å². The van der Waals surface area contributed by atoms with Gasteiger partial charge in [-0.1, -0.05) is 36.4 Å². The van der Waals surface area contributed by atoms with Crippen molar-refractivity contribution in [2.24, 2.45) is 0 Å². The summed E-state index contributed by atoms with van der Waals surface area (Å²) in [5, 5.41) is 1.97. The molecule has 19 heavy (non-hydrogen) atoms. The zero-order chi connectivity index (χ0) is 13.1. The van der Waals surface area contributed by atoms with Gasteiger partial charge in [-0.15, -0.1) is 34.9 Å². The van der Waals surface area contributed by atoms with Crippen LogP contribution in [0.25, 0.3) is 0 Å². The van der Waals surface area contributed by atoms with Crippen LogP contribution in [0.5, 0.6) is 0 Å². The summed E-state index contributed by atoms with van der Waals surface area (Å²) in [6.45, 7) is 0. The Hall–Kier alpha value is -0.710. The van der Waals surface area contributed by atoms with Gasteiger partial charge in [0.1, 0.15) is 0 Å². The number of Topliss-reactive ketones (excluding diaryl/α,β-unsaturated/α-hetero) is 1. The molecule has 0 spiro atoms. The first-order valence-electron chi connectivity index (χ1n) is 6.20. The van der Waals surface area contributed by atoms with Crippen LogP contribution in [0, 0.1) is 0 Å². The molecular formula is C15H14OS3. The Labute approximate surface area is 125 Å². The van der Waals surface area contributed by atoms with Gasteiger partial charge in [-0.05, 0) is 17.0 Å². The fraction of sp³-hybridized carbons (Fsp3) is 0.267. The first kappa shape index (κ1) is 13.3. The van der Waals surface area contributed by atoms with Gasteiger partial charge in [0.15, 0.2) is 5.78 Å². The molecule has 1 aliphatic rings. The number of carbonyl (C=O) groups is 1. The first-order valence-corrected chi connectivity index (χ1v) is 9.05. The van der Waals surface area contributed by atoms with Gasteiger partial charge in [0, 0.05) is 17.9 Å². The fourth-order valence-electron chi connectivity index (χ4n) is 2.25. The van der Waals surface area contributed by atoms with Gasteiger partial charge in [-0.3, -0.25) is 4.79 Å². The number of rotatable bonds is 4. The lowest BCUT2D eigenvalue weighted by atomic mass is 10.1. The molecule has 1 aromatic carbocycles. The maximum absolute atomic E-state index is 12.4. The van der Waals surface area contributed by atoms with E-state index in [-0.39, 0.29) is 9.86 Å². The molecule has 1 saturated heterocycles. The molecule has 0 bridgehead atoms. The van der Waals surface area contributed by atoms with Crippen molar-refractivity contribution in [3.8, 4) is 0 Å². The predicted octanol–water partition coefficient (Wildman–Crippen LogP) is 4.65. The minimum atomic E-state index is -0.0810. The third kappa shape index (κ3) is 2.76. The molecule has 0 saturated carbocycles. The number of benzene rings is 1. The number of thioether (sulfide) groups is 2. The van der Waals surface area contributed by atoms with Crippen molar-refractivity contribution in [2.75, 3.05) is 11.5 Å². The quantitative estimate of drug-likeness (QED) is 0.765. The largest absolute Gasteiger partial charge is 0.293 e. The van der Waals surface area contributed by atoms with E-state index in [1.54, 1.807) is 11.3 Å². The van der Waals surface area contributed by atoms with Gasteiger partial charge in [-0.25, -0.2) is 0 Å². The maximum atomic E-state index is 12.4. The second kappa shape index (κ2) is 5.73. The molecule has 0 N–H and O–H groups in total. The van der Waals surface area contributed by atoms with Crippen LogP contribution in [0.3, 0.4) is 0 Å². The Bertz CT molecular complexity index is 542. The van der Waals surface area contributed by atoms with Gasteiger partial charge in [0.05, 0.1) is 8.96 Å². The summed E-state index contributed by atoms with van der Waals surface area (Å²) in [4.78, 5) is 13.3. The molecule has 0 aliphatic carbocycles. The van der Waals surface area contributed by atoms with E-state index in [0.29, 0.717) is 6.42 Å². The Morgan fingerprint density at radius 3 is 2.42 bits per heavy atom. The zero-order valence-electron chi connectivity index (χ0n) is 10.4. The van der Waals surface area contributed by atoms with Crippen LogP contribution in [-0.2, 0) is 4.08 Å². The second-order valence-corrected chi connectivity index (χ2v) is 8.39. The molecule has 1 fully saturated rings. The van der Waals surface area contributed by atoms with Crippen LogP contribution in [0.15, 0.2) is 47.8 Å². The summed E-state index contributed by atoms with van der Waals surface area (Å²) in [7, 11) is 0. The molecule has 0 unspecified atom stereocenters. The lowest BCUT2D eigenvalue weighted by Gasteiger charge is -2.27. The van der Waals surface area contributed by atoms with E-state index in [4.69, 9.17) is 0 Å². The summed E-state index contributed by atoms with van der Waals surface area (Å²) in [6, 6.07) is 14.3. The number of hydrogen-bond acceptors (Lipinski definition) is 4. The molecule has 2 heterocycles. The molecule has 1 aromatic heterocycles. The highest BCUT2D eigenvalue weighted by Crippen LogP contribution is 2.54. The van der Waals surface area contributed by atoms with E-state index < -0.39 is 0 Å². The zero-order valence-corrected chi connectivity index (χ0v) is 12.8. The number of thiophene rings is 1. The van der Waals surface area contributed by atoms with E-state index in [1.165, 1.54) is 5.56 Å². The van der Waals surface area contributed by atoms with Crippen molar-refractivity contribution in [3.63, 3.8) is 0 Å². The Morgan fingerprint density at radius 1 is 1.05 bits per heavy atom. The smallest absolute Gasteiger partial charge is 0.175 e. The minimum Gasteiger partial charge on any atom is -0.293 e. The van der Waals surface area contributed by atoms with Crippen molar-refractivity contribution in [1.29, 1.82) is 0 Å². The van der Waals surface area contributed by atoms with Crippen molar-refractivity contribution in [3.05, 3.63) is 58.3 Å². The lowest BCUT2D eigenvalue weighted by Crippen LogP contribution is -2.19. The Balaban J connectivity index is 1.88. The van der Waals surface area contributed by atoms with Crippen LogP contribution >= 0.6 is 34.9 Å². The van der Waals surface area contributed by atoms with E-state index in [9.17, 15) is 4.79 Å². The molecule has 2 aromatic rings. The Kier molecular flexibility index (Phi) is 4.01. The highest BCUT2D eigenvalue weighted by molar-refractivity contribution is 8.20. The third-order valence-corrected chi connectivity index (χ3v) is 7.54. The van der Waals surface area contributed by atoms with Gasteiger partial charge < -0.3 is 0 Å². The van der Waals surface area contributed by atoms with E-state index in [1.807, 2.05) is 47.1 Å². The van der Waals surface area contributed by atoms with E-state index in [0.717, 1.165) is 16.4 Å². The monoisotopic (exact) mass is 306 g/mol. The standard InChI is InChI=1S/C15H14OS3/c16-13(14-7-4-8-17-14)11-15(18-9-10-19-15)12-5-2-1-3-6-12/h1-8H,9-11H2. The van der Waals surface area contributed by atoms with Crippen molar-refractivity contribution < 1.29 is 4.79 Å². The highest BCUT2D eigenvalue weighted by Gasteiger charge is 2.39. The molecule has 0 amide bonds. The summed E-state index contributed by atoms with van der Waals surface area (Å²) in [5.41, 5.74) is 1.27. The van der Waals surface area contributed by atoms with Gasteiger partial charge in [0.2, 0.25) is 0 Å². The average Bonchev–Trinajstić information content (AvgIpc) is 3.11. The van der Waals surface area contributed by atoms with Crippen molar-refractivity contribution >= 4 is 40.6 Å². The average molecular weight is 306 g/mol. The number of ketones is 1. The SMILES string of the molecule is O=C(CC1(c2ccccc2)SCCS1)c1cccs1. The highest BCUT2D eigenvalue weighted by atomic mass is 32.2. The summed E-state index contributed by atoms with van der Waals surface area (Å²) < 4.78 is -0.0810. The van der Waals surface area contributed by atoms with E-state index >= 15 is 0 Å². The molecule has 0 radical (unpaired) electrons. The van der Waals surface area contributed by atoms with Crippen LogP contribution in [0.1, 0.15) is 21.7 Å². The van der Waals surface area contributed by atoms with Crippen LogP contribution in [-0.4, -0.2) is 17.3 Å². The number of carbonyl (C=O) groups excluding carboxylic acids is 1. The van der Waals surface area contributed by atoms with Gasteiger partial charge in [-0.2, -0.15) is 0 Å². The van der Waals surface area contributed by atoms with Crippen LogP contribution in [0.4, 0.5) is 0 Å². The molecule has 3 rings (SSSR count). The second-order valence-electron chi connectivity index (χ2n) is 4.39. The summed E-state index contributed by atoms with van der Waals surface area (Å²) >= 11 is 5.37. The third-order valence-electron chi connectivity index (χ3n) is 3.16. The Morgan fingerprint density at radius 2 is 1.79 bits per heavy atom. The molecule has 98 valence electrons. The minimum absolute atomic E-state index is 0.0810. The molecule has 0 atom stereocenters. The summed E-state index contributed by atoms with van der Waals surface area (Å²) in [6.07, 6.45) is 0.590. The van der Waals surface area contributed by atoms with Crippen molar-refractivity contribution in [2.45, 2.75) is 10.5 Å². The lowest BCUT2D eigenvalue weighted by molar-refractivity contribution is 0.0983. The predicted molar refractivity (Wildman–Crippen MR) is 86.3 cm³/mol. The summed E-state index contributed by atoms with van der Waals surface area (Å²) in [5.74, 6) is 2.51. The fourth-order valence-corrected chi connectivity index (χ4v) is 6.15. The molecule has 4 heteroatoms. The van der Waals surface area contributed by atoms with Crippen LogP contribution in [0.2, 0.25) is 0 Å². The number of hydrogen-bond donors (Lipinski definition) is 0. The van der Waals surface area contributed by atoms with E-state index in [2.05, 4.69) is 24.3 Å². The molecular weight excluding hydrogens is 292 g/mol. The first-order chi connectivity index (χ1) is 9.30. The normalized spacial score (nSPS) is 17.5. The van der Waals surface area contributed by atoms with Gasteiger partial charge >= 0.3 is 0 Å². The maximum Gasteiger partial charge on any atom is 0.175 e. The van der Waals surface area contributed by atoms with Gasteiger partial charge in [0.25, 0.3) is 0 Å². The van der Waals surface area contributed by atoms with Crippen LogP contribution < -0.4 is 0 Å². The molecule has 1 nitrogen and oxygen atoms in total. The molecule has 1 aliphatic heterocycles.